The maximum absolute atomic E-state index is 6.23. The van der Waals surface area contributed by atoms with Crippen molar-refractivity contribution in [2.75, 3.05) is 35.6 Å². The summed E-state index contributed by atoms with van der Waals surface area (Å²) in [6.45, 7) is 4.63. The molecule has 0 atom stereocenters. The van der Waals surface area contributed by atoms with Gasteiger partial charge in [0, 0.05) is 18.8 Å². The van der Waals surface area contributed by atoms with Gasteiger partial charge in [0.25, 0.3) is 0 Å². The van der Waals surface area contributed by atoms with Crippen molar-refractivity contribution in [2.24, 2.45) is 0 Å². The fourth-order valence-electron chi connectivity index (χ4n) is 2.60. The van der Waals surface area contributed by atoms with Gasteiger partial charge in [0.2, 0.25) is 0 Å². The number of nitrogens with two attached hydrogens (primary N) is 1. The summed E-state index contributed by atoms with van der Waals surface area (Å²) in [5.74, 6) is 2.31. The van der Waals surface area contributed by atoms with E-state index in [4.69, 9.17) is 10.5 Å². The molecular formula is C16H21N5O. The van der Waals surface area contributed by atoms with Crippen molar-refractivity contribution in [2.45, 2.75) is 19.8 Å². The lowest BCUT2D eigenvalue weighted by molar-refractivity contribution is 0.340. The molecule has 1 aliphatic rings. The summed E-state index contributed by atoms with van der Waals surface area (Å²) in [7, 11) is 0. The van der Waals surface area contributed by atoms with Crippen molar-refractivity contribution in [1.82, 2.24) is 9.97 Å². The van der Waals surface area contributed by atoms with Gasteiger partial charge in [-0.3, -0.25) is 0 Å². The average molecular weight is 299 g/mol. The molecule has 0 radical (unpaired) electrons. The molecule has 0 amide bonds. The Morgan fingerprint density at radius 3 is 2.59 bits per heavy atom. The standard InChI is InChI=1S/C16H21N5O/c1-2-22-13-7-5-12(6-8-13)20-15-14(17)16(19-11-18-15)21-9-3-4-10-21/h5-8,11H,2-4,9-10,17H2,1H3,(H,18,19,20). The lowest BCUT2D eigenvalue weighted by Crippen LogP contribution is -2.21. The Hall–Kier alpha value is -2.50. The summed E-state index contributed by atoms with van der Waals surface area (Å²) in [6.07, 6.45) is 3.93. The topological polar surface area (TPSA) is 76.3 Å². The first-order chi connectivity index (χ1) is 10.8. The third kappa shape index (κ3) is 3.05. The van der Waals surface area contributed by atoms with Crippen molar-refractivity contribution in [3.63, 3.8) is 0 Å². The minimum absolute atomic E-state index is 0.596. The van der Waals surface area contributed by atoms with Crippen molar-refractivity contribution in [3.05, 3.63) is 30.6 Å². The summed E-state index contributed by atoms with van der Waals surface area (Å²) >= 11 is 0. The van der Waals surface area contributed by atoms with Crippen LogP contribution in [0.1, 0.15) is 19.8 Å². The number of ether oxygens (including phenoxy) is 1. The number of aromatic nitrogens is 2. The lowest BCUT2D eigenvalue weighted by Gasteiger charge is -2.19. The molecule has 1 aromatic carbocycles. The Balaban J connectivity index is 1.78. The van der Waals surface area contributed by atoms with Gasteiger partial charge in [-0.25, -0.2) is 9.97 Å². The number of nitrogen functional groups attached to an aromatic ring is 1. The monoisotopic (exact) mass is 299 g/mol. The summed E-state index contributed by atoms with van der Waals surface area (Å²) in [5, 5.41) is 3.25. The predicted molar refractivity (Wildman–Crippen MR) is 88.8 cm³/mol. The van der Waals surface area contributed by atoms with E-state index in [-0.39, 0.29) is 0 Å². The zero-order chi connectivity index (χ0) is 15.4. The maximum atomic E-state index is 6.23. The van der Waals surface area contributed by atoms with Crippen LogP contribution in [0.15, 0.2) is 30.6 Å². The van der Waals surface area contributed by atoms with Crippen LogP contribution in [-0.4, -0.2) is 29.7 Å². The van der Waals surface area contributed by atoms with Gasteiger partial charge in [-0.1, -0.05) is 0 Å². The van der Waals surface area contributed by atoms with Crippen molar-refractivity contribution >= 4 is 23.0 Å². The second-order valence-corrected chi connectivity index (χ2v) is 5.24. The summed E-state index contributed by atoms with van der Waals surface area (Å²) < 4.78 is 5.44. The minimum atomic E-state index is 0.596. The molecule has 0 unspecified atom stereocenters. The zero-order valence-corrected chi connectivity index (χ0v) is 12.7. The van der Waals surface area contributed by atoms with E-state index in [0.29, 0.717) is 18.1 Å². The van der Waals surface area contributed by atoms with Gasteiger partial charge in [0.05, 0.1) is 6.61 Å². The van der Waals surface area contributed by atoms with Crippen molar-refractivity contribution in [3.8, 4) is 5.75 Å². The summed E-state index contributed by atoms with van der Waals surface area (Å²) in [5.41, 5.74) is 7.75. The SMILES string of the molecule is CCOc1ccc(Nc2ncnc(N3CCCC3)c2N)cc1. The van der Waals surface area contributed by atoms with Gasteiger partial charge in [-0.15, -0.1) is 0 Å². The highest BCUT2D eigenvalue weighted by atomic mass is 16.5. The third-order valence-corrected chi connectivity index (χ3v) is 3.70. The Morgan fingerprint density at radius 1 is 1.18 bits per heavy atom. The van der Waals surface area contributed by atoms with Crippen LogP contribution < -0.4 is 20.7 Å². The van der Waals surface area contributed by atoms with E-state index in [2.05, 4.69) is 20.2 Å². The number of anilines is 4. The van der Waals surface area contributed by atoms with Gasteiger partial charge < -0.3 is 20.7 Å². The molecule has 3 rings (SSSR count). The molecule has 116 valence electrons. The molecular weight excluding hydrogens is 278 g/mol. The number of rotatable bonds is 5. The van der Waals surface area contributed by atoms with Crippen LogP contribution in [0, 0.1) is 0 Å². The van der Waals surface area contributed by atoms with Gasteiger partial charge in [0.15, 0.2) is 11.6 Å². The first-order valence-electron chi connectivity index (χ1n) is 7.63. The van der Waals surface area contributed by atoms with E-state index in [0.717, 1.165) is 30.3 Å². The van der Waals surface area contributed by atoms with E-state index in [1.807, 2.05) is 31.2 Å². The molecule has 1 aromatic heterocycles. The van der Waals surface area contributed by atoms with Crippen LogP contribution in [0.25, 0.3) is 0 Å². The van der Waals surface area contributed by atoms with Gasteiger partial charge in [-0.05, 0) is 44.0 Å². The quantitative estimate of drug-likeness (QED) is 0.884. The maximum Gasteiger partial charge on any atom is 0.159 e. The average Bonchev–Trinajstić information content (AvgIpc) is 3.06. The Morgan fingerprint density at radius 2 is 1.91 bits per heavy atom. The first kappa shape index (κ1) is 14.4. The highest BCUT2D eigenvalue weighted by molar-refractivity contribution is 5.78. The van der Waals surface area contributed by atoms with E-state index < -0.39 is 0 Å². The fourth-order valence-corrected chi connectivity index (χ4v) is 2.60. The number of benzene rings is 1. The van der Waals surface area contributed by atoms with E-state index in [9.17, 15) is 0 Å². The molecule has 2 heterocycles. The van der Waals surface area contributed by atoms with Crippen LogP contribution in [0.4, 0.5) is 23.0 Å². The van der Waals surface area contributed by atoms with Gasteiger partial charge in [-0.2, -0.15) is 0 Å². The molecule has 6 nitrogen and oxygen atoms in total. The molecule has 6 heteroatoms. The predicted octanol–water partition coefficient (Wildman–Crippen LogP) is 2.80. The molecule has 1 fully saturated rings. The fraction of sp³-hybridized carbons (Fsp3) is 0.375. The number of hydrogen-bond donors (Lipinski definition) is 2. The smallest absolute Gasteiger partial charge is 0.159 e. The van der Waals surface area contributed by atoms with Crippen LogP contribution in [-0.2, 0) is 0 Å². The highest BCUT2D eigenvalue weighted by Gasteiger charge is 2.18. The Kier molecular flexibility index (Phi) is 4.27. The van der Waals surface area contributed by atoms with Crippen LogP contribution >= 0.6 is 0 Å². The summed E-state index contributed by atoms with van der Waals surface area (Å²) in [6, 6.07) is 7.74. The van der Waals surface area contributed by atoms with Crippen LogP contribution in [0.2, 0.25) is 0 Å². The zero-order valence-electron chi connectivity index (χ0n) is 12.7. The molecule has 0 saturated carbocycles. The van der Waals surface area contributed by atoms with E-state index in [1.165, 1.54) is 12.8 Å². The number of nitrogens with zero attached hydrogens (tertiary/aromatic N) is 3. The Labute approximate surface area is 130 Å². The molecule has 22 heavy (non-hydrogen) atoms. The molecule has 1 aliphatic heterocycles. The number of hydrogen-bond acceptors (Lipinski definition) is 6. The van der Waals surface area contributed by atoms with Crippen molar-refractivity contribution < 1.29 is 4.74 Å². The first-order valence-corrected chi connectivity index (χ1v) is 7.63. The molecule has 0 bridgehead atoms. The van der Waals surface area contributed by atoms with Crippen LogP contribution in [0.5, 0.6) is 5.75 Å². The molecule has 1 saturated heterocycles. The Bertz CT molecular complexity index is 623. The van der Waals surface area contributed by atoms with Gasteiger partial charge in [0.1, 0.15) is 17.8 Å². The van der Waals surface area contributed by atoms with E-state index >= 15 is 0 Å². The molecule has 0 aliphatic carbocycles. The molecule has 2 aromatic rings. The largest absolute Gasteiger partial charge is 0.494 e. The van der Waals surface area contributed by atoms with Crippen LogP contribution in [0.3, 0.4) is 0 Å². The third-order valence-electron chi connectivity index (χ3n) is 3.70. The second kappa shape index (κ2) is 6.51. The second-order valence-electron chi connectivity index (χ2n) is 5.24. The van der Waals surface area contributed by atoms with Gasteiger partial charge >= 0.3 is 0 Å². The lowest BCUT2D eigenvalue weighted by atomic mass is 10.3. The van der Waals surface area contributed by atoms with Crippen molar-refractivity contribution in [1.29, 1.82) is 0 Å². The normalized spacial score (nSPS) is 14.1. The minimum Gasteiger partial charge on any atom is -0.494 e. The van der Waals surface area contributed by atoms with E-state index in [1.54, 1.807) is 6.33 Å². The molecule has 0 spiro atoms. The molecule has 3 N–H and O–H groups in total. The highest BCUT2D eigenvalue weighted by Crippen LogP contribution is 2.30. The summed E-state index contributed by atoms with van der Waals surface area (Å²) in [4.78, 5) is 10.8. The number of nitrogens with one attached hydrogen (secondary N) is 1.